The van der Waals surface area contributed by atoms with Gasteiger partial charge >= 0.3 is 0 Å². The van der Waals surface area contributed by atoms with Crippen LogP contribution >= 0.6 is 0 Å². The molecule has 1 aliphatic heterocycles. The largest absolute Gasteiger partial charge is 0.329 e. The van der Waals surface area contributed by atoms with E-state index < -0.39 is 0 Å². The Hall–Kier alpha value is -0.0800. The molecule has 1 aliphatic carbocycles. The predicted molar refractivity (Wildman–Crippen MR) is 74.0 cm³/mol. The Balaban J connectivity index is 1.88. The van der Waals surface area contributed by atoms with Crippen molar-refractivity contribution in [2.45, 2.75) is 64.8 Å². The molecule has 1 saturated heterocycles. The Morgan fingerprint density at radius 3 is 2.12 bits per heavy atom. The number of nitrogens with zero attached hydrogens (tertiary/aromatic N) is 1. The molecule has 0 aromatic carbocycles. The Labute approximate surface area is 107 Å². The molecule has 17 heavy (non-hydrogen) atoms. The standard InChI is InChI=1S/C15H30N2/c1-3-15(4-2)8-10-17(11-9-15)14(12-16)13-6-5-7-13/h13-14H,3-12,16H2,1-2H3. The van der Waals surface area contributed by atoms with Crippen molar-refractivity contribution in [3.63, 3.8) is 0 Å². The summed E-state index contributed by atoms with van der Waals surface area (Å²) in [5, 5.41) is 0. The van der Waals surface area contributed by atoms with E-state index in [2.05, 4.69) is 18.7 Å². The van der Waals surface area contributed by atoms with Crippen LogP contribution in [-0.2, 0) is 0 Å². The SMILES string of the molecule is CCC1(CC)CCN(C(CN)C2CCC2)CC1. The molecule has 0 radical (unpaired) electrons. The maximum atomic E-state index is 6.00. The van der Waals surface area contributed by atoms with E-state index in [1.165, 1.54) is 58.0 Å². The van der Waals surface area contributed by atoms with Crippen LogP contribution in [0.15, 0.2) is 0 Å². The van der Waals surface area contributed by atoms with E-state index in [1.807, 2.05) is 0 Å². The average molecular weight is 238 g/mol. The molecule has 0 aromatic rings. The van der Waals surface area contributed by atoms with Crippen LogP contribution in [0.3, 0.4) is 0 Å². The highest BCUT2D eigenvalue weighted by atomic mass is 15.2. The molecular weight excluding hydrogens is 208 g/mol. The first-order valence-electron chi connectivity index (χ1n) is 7.69. The molecule has 0 amide bonds. The van der Waals surface area contributed by atoms with Crippen molar-refractivity contribution in [3.8, 4) is 0 Å². The van der Waals surface area contributed by atoms with Crippen LogP contribution < -0.4 is 5.73 Å². The highest BCUT2D eigenvalue weighted by Gasteiger charge is 2.36. The molecule has 2 fully saturated rings. The lowest BCUT2D eigenvalue weighted by molar-refractivity contribution is 0.0306. The number of nitrogens with two attached hydrogens (primary N) is 1. The quantitative estimate of drug-likeness (QED) is 0.798. The first kappa shape index (κ1) is 13.4. The van der Waals surface area contributed by atoms with Crippen LogP contribution in [0.25, 0.3) is 0 Å². The zero-order valence-electron chi connectivity index (χ0n) is 11.8. The van der Waals surface area contributed by atoms with Gasteiger partial charge in [-0.05, 0) is 50.1 Å². The molecule has 2 N–H and O–H groups in total. The minimum absolute atomic E-state index is 0.648. The van der Waals surface area contributed by atoms with E-state index in [4.69, 9.17) is 5.73 Å². The maximum Gasteiger partial charge on any atom is 0.0246 e. The molecule has 1 saturated carbocycles. The van der Waals surface area contributed by atoms with Crippen LogP contribution in [0.4, 0.5) is 0 Å². The van der Waals surface area contributed by atoms with E-state index in [0.29, 0.717) is 11.5 Å². The van der Waals surface area contributed by atoms with E-state index >= 15 is 0 Å². The number of piperidine rings is 1. The van der Waals surface area contributed by atoms with Crippen molar-refractivity contribution >= 4 is 0 Å². The highest BCUT2D eigenvalue weighted by Crippen LogP contribution is 2.40. The zero-order valence-corrected chi connectivity index (χ0v) is 11.8. The highest BCUT2D eigenvalue weighted by molar-refractivity contribution is 4.91. The number of likely N-dealkylation sites (tertiary alicyclic amines) is 1. The zero-order chi connectivity index (χ0) is 12.3. The summed E-state index contributed by atoms with van der Waals surface area (Å²) in [6.45, 7) is 8.19. The first-order chi connectivity index (χ1) is 8.24. The van der Waals surface area contributed by atoms with Crippen LogP contribution in [0.5, 0.6) is 0 Å². The van der Waals surface area contributed by atoms with Gasteiger partial charge < -0.3 is 5.73 Å². The molecule has 1 heterocycles. The Bertz CT molecular complexity index is 221. The minimum Gasteiger partial charge on any atom is -0.329 e. The molecule has 0 aromatic heterocycles. The molecule has 0 bridgehead atoms. The summed E-state index contributed by atoms with van der Waals surface area (Å²) in [6, 6.07) is 0.690. The fraction of sp³-hybridized carbons (Fsp3) is 1.00. The van der Waals surface area contributed by atoms with Crippen LogP contribution in [0.2, 0.25) is 0 Å². The monoisotopic (exact) mass is 238 g/mol. The van der Waals surface area contributed by atoms with Gasteiger partial charge in [0.1, 0.15) is 0 Å². The van der Waals surface area contributed by atoms with Gasteiger partial charge in [0.15, 0.2) is 0 Å². The molecule has 0 spiro atoms. The van der Waals surface area contributed by atoms with Gasteiger partial charge in [0.05, 0.1) is 0 Å². The van der Waals surface area contributed by atoms with Crippen LogP contribution in [0, 0.1) is 11.3 Å². The molecule has 1 atom stereocenters. The second kappa shape index (κ2) is 5.71. The molecule has 2 rings (SSSR count). The van der Waals surface area contributed by atoms with Gasteiger partial charge in [-0.15, -0.1) is 0 Å². The van der Waals surface area contributed by atoms with Crippen LogP contribution in [0.1, 0.15) is 58.8 Å². The Morgan fingerprint density at radius 2 is 1.76 bits per heavy atom. The van der Waals surface area contributed by atoms with Gasteiger partial charge in [-0.1, -0.05) is 33.1 Å². The molecule has 2 nitrogen and oxygen atoms in total. The summed E-state index contributed by atoms with van der Waals surface area (Å²) >= 11 is 0. The third kappa shape index (κ3) is 2.68. The smallest absolute Gasteiger partial charge is 0.0246 e. The third-order valence-corrected chi connectivity index (χ3v) is 5.76. The summed E-state index contributed by atoms with van der Waals surface area (Å²) in [4.78, 5) is 2.70. The summed E-state index contributed by atoms with van der Waals surface area (Å²) in [5.74, 6) is 0.913. The Kier molecular flexibility index (Phi) is 4.48. The summed E-state index contributed by atoms with van der Waals surface area (Å²) in [6.07, 6.45) is 9.77. The topological polar surface area (TPSA) is 29.3 Å². The Morgan fingerprint density at radius 1 is 1.18 bits per heavy atom. The first-order valence-corrected chi connectivity index (χ1v) is 7.69. The van der Waals surface area contributed by atoms with E-state index in [0.717, 1.165) is 12.5 Å². The van der Waals surface area contributed by atoms with Crippen molar-refractivity contribution in [2.75, 3.05) is 19.6 Å². The van der Waals surface area contributed by atoms with E-state index in [9.17, 15) is 0 Å². The lowest BCUT2D eigenvalue weighted by Gasteiger charge is -2.47. The predicted octanol–water partition coefficient (Wildman–Crippen LogP) is 3.02. The summed E-state index contributed by atoms with van der Waals surface area (Å²) in [5.41, 5.74) is 6.65. The van der Waals surface area contributed by atoms with Gasteiger partial charge in [0, 0.05) is 12.6 Å². The van der Waals surface area contributed by atoms with Crippen molar-refractivity contribution in [1.29, 1.82) is 0 Å². The van der Waals surface area contributed by atoms with Crippen molar-refractivity contribution in [2.24, 2.45) is 17.1 Å². The second-order valence-corrected chi connectivity index (χ2v) is 6.24. The summed E-state index contributed by atoms with van der Waals surface area (Å²) in [7, 11) is 0. The van der Waals surface area contributed by atoms with E-state index in [1.54, 1.807) is 0 Å². The lowest BCUT2D eigenvalue weighted by atomic mass is 9.72. The third-order valence-electron chi connectivity index (χ3n) is 5.76. The van der Waals surface area contributed by atoms with Gasteiger partial charge in [-0.25, -0.2) is 0 Å². The number of rotatable bonds is 5. The van der Waals surface area contributed by atoms with Crippen molar-refractivity contribution in [3.05, 3.63) is 0 Å². The maximum absolute atomic E-state index is 6.00. The molecular formula is C15H30N2. The van der Waals surface area contributed by atoms with Crippen molar-refractivity contribution < 1.29 is 0 Å². The molecule has 2 aliphatic rings. The average Bonchev–Trinajstić information content (AvgIpc) is 2.34. The second-order valence-electron chi connectivity index (χ2n) is 6.24. The normalized spacial score (nSPS) is 27.7. The van der Waals surface area contributed by atoms with Gasteiger partial charge in [0.2, 0.25) is 0 Å². The van der Waals surface area contributed by atoms with Gasteiger partial charge in [0.25, 0.3) is 0 Å². The van der Waals surface area contributed by atoms with Crippen molar-refractivity contribution in [1.82, 2.24) is 4.90 Å². The van der Waals surface area contributed by atoms with Gasteiger partial charge in [-0.2, -0.15) is 0 Å². The molecule has 2 heteroatoms. The number of hydrogen-bond donors (Lipinski definition) is 1. The summed E-state index contributed by atoms with van der Waals surface area (Å²) < 4.78 is 0. The van der Waals surface area contributed by atoms with Crippen LogP contribution in [-0.4, -0.2) is 30.6 Å². The van der Waals surface area contributed by atoms with Gasteiger partial charge in [-0.3, -0.25) is 4.90 Å². The lowest BCUT2D eigenvalue weighted by Crippen LogP contribution is -2.52. The molecule has 100 valence electrons. The minimum atomic E-state index is 0.648. The number of hydrogen-bond acceptors (Lipinski definition) is 2. The fourth-order valence-electron chi connectivity index (χ4n) is 3.75. The van der Waals surface area contributed by atoms with E-state index in [-0.39, 0.29) is 0 Å². The molecule has 1 unspecified atom stereocenters. The fourth-order valence-corrected chi connectivity index (χ4v) is 3.75.